The van der Waals surface area contributed by atoms with Gasteiger partial charge in [-0.05, 0) is 12.8 Å². The first-order valence-corrected chi connectivity index (χ1v) is 9.69. The number of esters is 1. The van der Waals surface area contributed by atoms with Gasteiger partial charge in [0.15, 0.2) is 0 Å². The van der Waals surface area contributed by atoms with E-state index in [1.54, 1.807) is 0 Å². The number of carbonyl (C=O) groups is 2. The predicted octanol–water partition coefficient (Wildman–Crippen LogP) is 5.65. The monoisotopic (exact) mass is 340 g/mol. The fourth-order valence-electron chi connectivity index (χ4n) is 2.53. The van der Waals surface area contributed by atoms with Gasteiger partial charge >= 0.3 is 11.9 Å². The molecule has 0 radical (unpaired) electrons. The average Bonchev–Trinajstić information content (AvgIpc) is 2.56. The Morgan fingerprint density at radius 1 is 0.792 bits per heavy atom. The Morgan fingerprint density at radius 3 is 1.88 bits per heavy atom. The van der Waals surface area contributed by atoms with Crippen molar-refractivity contribution in [2.24, 2.45) is 0 Å². The summed E-state index contributed by atoms with van der Waals surface area (Å²) in [6.07, 6.45) is 19.4. The van der Waals surface area contributed by atoms with Gasteiger partial charge in [-0.25, -0.2) is 0 Å². The summed E-state index contributed by atoms with van der Waals surface area (Å²) in [7, 11) is 0. The van der Waals surface area contributed by atoms with E-state index < -0.39 is 11.9 Å². The maximum Gasteiger partial charge on any atom is 0.306 e. The van der Waals surface area contributed by atoms with Crippen molar-refractivity contribution in [3.8, 4) is 0 Å². The first-order valence-electron chi connectivity index (χ1n) is 9.69. The van der Waals surface area contributed by atoms with Gasteiger partial charge in [0.1, 0.15) is 6.61 Å². The van der Waals surface area contributed by atoms with Crippen molar-refractivity contribution in [1.82, 2.24) is 0 Å². The van der Waals surface area contributed by atoms with Gasteiger partial charge in [0, 0.05) is 0 Å². The second-order valence-corrected chi connectivity index (χ2v) is 6.37. The van der Waals surface area contributed by atoms with Gasteiger partial charge in [-0.1, -0.05) is 83.3 Å². The number of rotatable bonds is 17. The number of carboxylic acid groups (broad SMARTS) is 1. The van der Waals surface area contributed by atoms with E-state index in [1.165, 1.54) is 70.6 Å². The maximum absolute atomic E-state index is 11.2. The largest absolute Gasteiger partial charge is 0.481 e. The first kappa shape index (κ1) is 22.7. The Kier molecular flexibility index (Phi) is 17.0. The number of allylic oxidation sites excluding steroid dienone is 1. The minimum absolute atomic E-state index is 0.0538. The van der Waals surface area contributed by atoms with Crippen LogP contribution in [0.15, 0.2) is 12.2 Å². The van der Waals surface area contributed by atoms with E-state index in [4.69, 9.17) is 9.84 Å². The summed E-state index contributed by atoms with van der Waals surface area (Å²) in [5, 5.41) is 8.44. The van der Waals surface area contributed by atoms with Gasteiger partial charge in [0.25, 0.3) is 0 Å². The van der Waals surface area contributed by atoms with Crippen LogP contribution in [0, 0.1) is 0 Å². The summed E-state index contributed by atoms with van der Waals surface area (Å²) in [5.41, 5.74) is 0. The van der Waals surface area contributed by atoms with E-state index in [-0.39, 0.29) is 19.4 Å². The SMILES string of the molecule is CCCCCCCCCCCCCC=CCOC(=O)CCC(=O)O. The van der Waals surface area contributed by atoms with Gasteiger partial charge in [-0.3, -0.25) is 9.59 Å². The highest BCUT2D eigenvalue weighted by atomic mass is 16.5. The fourth-order valence-corrected chi connectivity index (χ4v) is 2.53. The topological polar surface area (TPSA) is 63.6 Å². The highest BCUT2D eigenvalue weighted by Crippen LogP contribution is 2.12. The molecule has 0 amide bonds. The number of hydrogen-bond acceptors (Lipinski definition) is 3. The third-order valence-electron chi connectivity index (χ3n) is 4.02. The van der Waals surface area contributed by atoms with Crippen LogP contribution in [-0.2, 0) is 14.3 Å². The summed E-state index contributed by atoms with van der Waals surface area (Å²) in [6, 6.07) is 0. The molecule has 0 rings (SSSR count). The molecule has 0 fully saturated rings. The second-order valence-electron chi connectivity index (χ2n) is 6.37. The molecule has 0 aromatic heterocycles. The molecule has 0 spiro atoms. The third-order valence-corrected chi connectivity index (χ3v) is 4.02. The number of hydrogen-bond donors (Lipinski definition) is 1. The molecule has 0 aliphatic carbocycles. The molecule has 140 valence electrons. The average molecular weight is 341 g/mol. The summed E-state index contributed by atoms with van der Waals surface area (Å²) in [5.74, 6) is -1.42. The van der Waals surface area contributed by atoms with E-state index in [2.05, 4.69) is 6.92 Å². The normalized spacial score (nSPS) is 11.0. The molecular weight excluding hydrogens is 304 g/mol. The Balaban J connectivity index is 3.21. The van der Waals surface area contributed by atoms with Gasteiger partial charge in [0.2, 0.25) is 0 Å². The van der Waals surface area contributed by atoms with Crippen molar-refractivity contribution in [2.45, 2.75) is 96.8 Å². The molecule has 0 atom stereocenters. The maximum atomic E-state index is 11.2. The van der Waals surface area contributed by atoms with Crippen molar-refractivity contribution in [1.29, 1.82) is 0 Å². The molecule has 0 aliphatic rings. The van der Waals surface area contributed by atoms with E-state index in [0.717, 1.165) is 6.42 Å². The smallest absolute Gasteiger partial charge is 0.306 e. The van der Waals surface area contributed by atoms with Crippen LogP contribution in [0.5, 0.6) is 0 Å². The number of ether oxygens (including phenoxy) is 1. The molecule has 0 saturated heterocycles. The third kappa shape index (κ3) is 18.7. The Morgan fingerprint density at radius 2 is 1.33 bits per heavy atom. The minimum atomic E-state index is -0.973. The summed E-state index contributed by atoms with van der Waals surface area (Å²) >= 11 is 0. The number of carboxylic acids is 1. The zero-order valence-corrected chi connectivity index (χ0v) is 15.4. The van der Waals surface area contributed by atoms with Crippen LogP contribution in [0.3, 0.4) is 0 Å². The molecule has 0 heterocycles. The van der Waals surface area contributed by atoms with Crippen molar-refractivity contribution in [3.05, 3.63) is 12.2 Å². The molecule has 0 aliphatic heterocycles. The molecule has 24 heavy (non-hydrogen) atoms. The Hall–Kier alpha value is -1.32. The summed E-state index contributed by atoms with van der Waals surface area (Å²) < 4.78 is 4.91. The summed E-state index contributed by atoms with van der Waals surface area (Å²) in [6.45, 7) is 2.50. The van der Waals surface area contributed by atoms with Crippen LogP contribution in [0.25, 0.3) is 0 Å². The standard InChI is InChI=1S/C20H36O4/c1-2-3-4-5-6-7-8-9-10-11-12-13-14-15-18-24-20(23)17-16-19(21)22/h14-15H,2-13,16-18H2,1H3,(H,21,22). The van der Waals surface area contributed by atoms with Crippen LogP contribution in [-0.4, -0.2) is 23.7 Å². The van der Waals surface area contributed by atoms with Gasteiger partial charge in [-0.2, -0.15) is 0 Å². The Labute approximate surface area is 147 Å². The quantitative estimate of drug-likeness (QED) is 0.211. The van der Waals surface area contributed by atoms with Gasteiger partial charge < -0.3 is 9.84 Å². The molecule has 4 nitrogen and oxygen atoms in total. The summed E-state index contributed by atoms with van der Waals surface area (Å²) in [4.78, 5) is 21.5. The molecule has 0 unspecified atom stereocenters. The van der Waals surface area contributed by atoms with Crippen molar-refractivity contribution >= 4 is 11.9 Å². The molecule has 4 heteroatoms. The van der Waals surface area contributed by atoms with Crippen LogP contribution >= 0.6 is 0 Å². The predicted molar refractivity (Wildman–Crippen MR) is 98.0 cm³/mol. The number of aliphatic carboxylic acids is 1. The lowest BCUT2D eigenvalue weighted by atomic mass is 10.1. The molecule has 0 aromatic rings. The molecule has 1 N–H and O–H groups in total. The van der Waals surface area contributed by atoms with E-state index in [0.29, 0.717) is 0 Å². The lowest BCUT2D eigenvalue weighted by Crippen LogP contribution is -2.07. The second kappa shape index (κ2) is 18.0. The molecule has 0 aromatic carbocycles. The minimum Gasteiger partial charge on any atom is -0.481 e. The van der Waals surface area contributed by atoms with Gasteiger partial charge in [0.05, 0.1) is 12.8 Å². The highest BCUT2D eigenvalue weighted by molar-refractivity contribution is 5.76. The molecular formula is C20H36O4. The van der Waals surface area contributed by atoms with Gasteiger partial charge in [-0.15, -0.1) is 0 Å². The van der Waals surface area contributed by atoms with E-state index in [9.17, 15) is 9.59 Å². The highest BCUT2D eigenvalue weighted by Gasteiger charge is 2.04. The molecule has 0 bridgehead atoms. The zero-order valence-electron chi connectivity index (χ0n) is 15.4. The lowest BCUT2D eigenvalue weighted by molar-refractivity contribution is -0.146. The van der Waals surface area contributed by atoms with Crippen LogP contribution in [0.1, 0.15) is 96.8 Å². The van der Waals surface area contributed by atoms with Crippen molar-refractivity contribution < 1.29 is 19.4 Å². The van der Waals surface area contributed by atoms with Crippen LogP contribution in [0.4, 0.5) is 0 Å². The van der Waals surface area contributed by atoms with E-state index in [1.807, 2.05) is 12.2 Å². The number of unbranched alkanes of at least 4 members (excludes halogenated alkanes) is 11. The zero-order chi connectivity index (χ0) is 17.9. The van der Waals surface area contributed by atoms with Crippen LogP contribution < -0.4 is 0 Å². The molecule has 0 saturated carbocycles. The first-order chi connectivity index (χ1) is 11.7. The van der Waals surface area contributed by atoms with E-state index >= 15 is 0 Å². The van der Waals surface area contributed by atoms with Crippen LogP contribution in [0.2, 0.25) is 0 Å². The van der Waals surface area contributed by atoms with Crippen molar-refractivity contribution in [3.63, 3.8) is 0 Å². The number of carbonyl (C=O) groups excluding carboxylic acids is 1. The Bertz CT molecular complexity index is 337. The fraction of sp³-hybridized carbons (Fsp3) is 0.800. The van der Waals surface area contributed by atoms with Crippen molar-refractivity contribution in [2.75, 3.05) is 6.61 Å². The lowest BCUT2D eigenvalue weighted by Gasteiger charge is -2.02.